The van der Waals surface area contributed by atoms with Gasteiger partial charge in [-0.2, -0.15) is 0 Å². The van der Waals surface area contributed by atoms with Crippen LogP contribution in [-0.4, -0.2) is 23.1 Å². The highest BCUT2D eigenvalue weighted by atomic mass is 35.5. The van der Waals surface area contributed by atoms with Crippen LogP contribution in [0.3, 0.4) is 0 Å². The van der Waals surface area contributed by atoms with Gasteiger partial charge >= 0.3 is 5.97 Å². The zero-order valence-electron chi connectivity index (χ0n) is 24.3. The zero-order valence-corrected chi connectivity index (χ0v) is 25.0. The molecule has 206 valence electrons. The van der Waals surface area contributed by atoms with Crippen LogP contribution in [-0.2, 0) is 19.1 Å². The third-order valence-electron chi connectivity index (χ3n) is 13.3. The standard InChI is InChI=1S/C32H47ClO4/c1-19(34)37-24-10-11-30(6)23(27(24,2)3)9-12-32(8)25(30)22(35)17-20-21-18-29(5,26(33)36)14-13-28(21,4)15-16-31(20,32)7/h17,21,23-25H,9-16,18H2,1-8H3/t21-,23+,24+,25-,28-,29+,30+,31-,32-/m1/s1. The van der Waals surface area contributed by atoms with Crippen molar-refractivity contribution in [2.75, 3.05) is 0 Å². The molecule has 0 radical (unpaired) electrons. The van der Waals surface area contributed by atoms with E-state index in [0.717, 1.165) is 57.8 Å². The van der Waals surface area contributed by atoms with Gasteiger partial charge < -0.3 is 4.74 Å². The number of carbonyl (C=O) groups excluding carboxylic acids is 3. The van der Waals surface area contributed by atoms with Gasteiger partial charge in [0.15, 0.2) is 5.78 Å². The minimum Gasteiger partial charge on any atom is -0.462 e. The van der Waals surface area contributed by atoms with Crippen LogP contribution in [0.25, 0.3) is 0 Å². The summed E-state index contributed by atoms with van der Waals surface area (Å²) in [7, 11) is 0. The Kier molecular flexibility index (Phi) is 6.06. The molecule has 37 heavy (non-hydrogen) atoms. The molecule has 9 atom stereocenters. The van der Waals surface area contributed by atoms with Crippen molar-refractivity contribution in [2.45, 2.75) is 119 Å². The third-order valence-corrected chi connectivity index (χ3v) is 13.8. The molecule has 5 aliphatic rings. The Morgan fingerprint density at radius 3 is 2.19 bits per heavy atom. The van der Waals surface area contributed by atoms with Gasteiger partial charge in [-0.3, -0.25) is 14.4 Å². The summed E-state index contributed by atoms with van der Waals surface area (Å²) in [4.78, 5) is 38.8. The van der Waals surface area contributed by atoms with Crippen LogP contribution in [0.5, 0.6) is 0 Å². The van der Waals surface area contributed by atoms with Crippen molar-refractivity contribution in [3.8, 4) is 0 Å². The van der Waals surface area contributed by atoms with Crippen LogP contribution in [0, 0.1) is 50.2 Å². The number of esters is 1. The van der Waals surface area contributed by atoms with E-state index in [2.05, 4.69) is 47.6 Å². The lowest BCUT2D eigenvalue weighted by Gasteiger charge is -2.70. The second-order valence-corrected chi connectivity index (χ2v) is 15.8. The maximum atomic E-state index is 14.4. The van der Waals surface area contributed by atoms with E-state index in [1.54, 1.807) is 0 Å². The summed E-state index contributed by atoms with van der Waals surface area (Å²) >= 11 is 6.16. The van der Waals surface area contributed by atoms with E-state index < -0.39 is 5.41 Å². The largest absolute Gasteiger partial charge is 0.462 e. The zero-order chi connectivity index (χ0) is 27.4. The average Bonchev–Trinajstić information content (AvgIpc) is 2.78. The number of ketones is 1. The van der Waals surface area contributed by atoms with Gasteiger partial charge in [0.1, 0.15) is 6.10 Å². The number of fused-ring (bicyclic) bond motifs is 7. The summed E-state index contributed by atoms with van der Waals surface area (Å²) < 4.78 is 5.83. The molecule has 0 aromatic rings. The van der Waals surface area contributed by atoms with Crippen molar-refractivity contribution in [1.29, 1.82) is 0 Å². The first-order valence-corrected chi connectivity index (χ1v) is 15.0. The predicted octanol–water partition coefficient (Wildman–Crippen LogP) is 7.66. The first-order valence-electron chi connectivity index (χ1n) is 14.6. The molecule has 4 fully saturated rings. The van der Waals surface area contributed by atoms with Gasteiger partial charge in [0, 0.05) is 23.7 Å². The minimum absolute atomic E-state index is 0.0426. The van der Waals surface area contributed by atoms with E-state index >= 15 is 0 Å². The molecule has 5 heteroatoms. The molecule has 0 amide bonds. The summed E-state index contributed by atoms with van der Waals surface area (Å²) in [6, 6.07) is 0. The average molecular weight is 531 g/mol. The maximum absolute atomic E-state index is 14.4. The first-order chi connectivity index (χ1) is 16.9. The van der Waals surface area contributed by atoms with Crippen molar-refractivity contribution < 1.29 is 19.1 Å². The molecule has 0 aromatic heterocycles. The lowest BCUT2D eigenvalue weighted by Crippen LogP contribution is -2.66. The summed E-state index contributed by atoms with van der Waals surface area (Å²) in [5.41, 5.74) is 0.382. The van der Waals surface area contributed by atoms with Crippen LogP contribution in [0.2, 0.25) is 0 Å². The highest BCUT2D eigenvalue weighted by molar-refractivity contribution is 6.64. The Bertz CT molecular complexity index is 1080. The van der Waals surface area contributed by atoms with Gasteiger partial charge in [0.05, 0.1) is 0 Å². The molecule has 0 heterocycles. The summed E-state index contributed by atoms with van der Waals surface area (Å²) in [6.45, 7) is 17.6. The number of hydrogen-bond donors (Lipinski definition) is 0. The van der Waals surface area contributed by atoms with Crippen molar-refractivity contribution in [2.24, 2.45) is 50.2 Å². The van der Waals surface area contributed by atoms with Crippen LogP contribution in [0.15, 0.2) is 11.6 Å². The molecule has 0 aliphatic heterocycles. The fourth-order valence-corrected chi connectivity index (χ4v) is 10.9. The quantitative estimate of drug-likeness (QED) is 0.271. The second kappa shape index (κ2) is 8.18. The monoisotopic (exact) mass is 530 g/mol. The normalized spacial score (nSPS) is 50.5. The van der Waals surface area contributed by atoms with Gasteiger partial charge in [-0.1, -0.05) is 54.0 Å². The molecule has 5 rings (SSSR count). The van der Waals surface area contributed by atoms with E-state index in [1.165, 1.54) is 12.5 Å². The fraction of sp³-hybridized carbons (Fsp3) is 0.844. The maximum Gasteiger partial charge on any atom is 0.302 e. The molecule has 0 spiro atoms. The molecular weight excluding hydrogens is 484 g/mol. The van der Waals surface area contributed by atoms with E-state index in [9.17, 15) is 14.4 Å². The van der Waals surface area contributed by atoms with Crippen LogP contribution >= 0.6 is 11.6 Å². The Hall–Kier alpha value is -1.16. The molecule has 0 aromatic carbocycles. The van der Waals surface area contributed by atoms with Crippen LogP contribution < -0.4 is 0 Å². The minimum atomic E-state index is -0.519. The highest BCUT2D eigenvalue weighted by Gasteiger charge is 2.70. The van der Waals surface area contributed by atoms with Gasteiger partial charge in [0.25, 0.3) is 0 Å². The third kappa shape index (κ3) is 3.55. The molecule has 0 saturated heterocycles. The molecule has 4 nitrogen and oxygen atoms in total. The van der Waals surface area contributed by atoms with E-state index in [1.807, 2.05) is 6.92 Å². The predicted molar refractivity (Wildman–Crippen MR) is 146 cm³/mol. The number of allylic oxidation sites excluding steroid dienone is 2. The van der Waals surface area contributed by atoms with E-state index in [4.69, 9.17) is 16.3 Å². The highest BCUT2D eigenvalue weighted by Crippen LogP contribution is 2.75. The van der Waals surface area contributed by atoms with Crippen molar-refractivity contribution in [3.05, 3.63) is 11.6 Å². The molecule has 0 unspecified atom stereocenters. The smallest absolute Gasteiger partial charge is 0.302 e. The number of hydrogen-bond acceptors (Lipinski definition) is 4. The summed E-state index contributed by atoms with van der Waals surface area (Å²) in [5, 5.41) is -0.228. The Morgan fingerprint density at radius 2 is 1.57 bits per heavy atom. The van der Waals surface area contributed by atoms with E-state index in [0.29, 0.717) is 5.92 Å². The van der Waals surface area contributed by atoms with Crippen molar-refractivity contribution in [3.63, 3.8) is 0 Å². The van der Waals surface area contributed by atoms with Gasteiger partial charge in [-0.25, -0.2) is 0 Å². The van der Waals surface area contributed by atoms with E-state index in [-0.39, 0.29) is 62.0 Å². The molecular formula is C32H47ClO4. The first kappa shape index (κ1) is 27.4. The Labute approximate surface area is 228 Å². The molecule has 5 aliphatic carbocycles. The molecule has 0 N–H and O–H groups in total. The van der Waals surface area contributed by atoms with Gasteiger partial charge in [-0.15, -0.1) is 0 Å². The van der Waals surface area contributed by atoms with Crippen molar-refractivity contribution in [1.82, 2.24) is 0 Å². The fourth-order valence-electron chi connectivity index (χ4n) is 10.7. The lowest BCUT2D eigenvalue weighted by molar-refractivity contribution is -0.210. The molecule has 4 saturated carbocycles. The Morgan fingerprint density at radius 1 is 0.919 bits per heavy atom. The number of rotatable bonds is 2. The Balaban J connectivity index is 1.58. The summed E-state index contributed by atoms with van der Waals surface area (Å²) in [5.74, 6) is 0.573. The topological polar surface area (TPSA) is 60.4 Å². The number of halogens is 1. The summed E-state index contributed by atoms with van der Waals surface area (Å²) in [6.07, 6.45) is 10.5. The second-order valence-electron chi connectivity index (χ2n) is 15.5. The van der Waals surface area contributed by atoms with Crippen LogP contribution in [0.1, 0.15) is 113 Å². The van der Waals surface area contributed by atoms with Crippen LogP contribution in [0.4, 0.5) is 0 Å². The van der Waals surface area contributed by atoms with Crippen molar-refractivity contribution >= 4 is 28.6 Å². The SMILES string of the molecule is CC(=O)O[C@H]1CC[C@]2(C)[C@H]3C(=O)C=C4[C@H]5C[C@@](C)(C(=O)Cl)CC[C@]5(C)CC[C@@]4(C)[C@]3(C)CC[C@H]2C1(C)C. The number of ether oxygens (including phenoxy) is 1. The van der Waals surface area contributed by atoms with Gasteiger partial charge in [0.2, 0.25) is 5.24 Å². The van der Waals surface area contributed by atoms with Gasteiger partial charge in [-0.05, 0) is 109 Å². The number of carbonyl (C=O) groups is 3. The lowest BCUT2D eigenvalue weighted by atomic mass is 9.33. The molecule has 0 bridgehead atoms.